The first-order chi connectivity index (χ1) is 44.6. The maximum atomic E-state index is 13.3. The maximum absolute atomic E-state index is 13.3. The zero-order chi connectivity index (χ0) is 70.7. The van der Waals surface area contributed by atoms with E-state index >= 15 is 0 Å². The quantitative estimate of drug-likeness (QED) is 0.0433. The molecule has 496 valence electrons. The lowest BCUT2D eigenvalue weighted by Crippen LogP contribution is -2.16. The summed E-state index contributed by atoms with van der Waals surface area (Å²) in [4.78, 5) is 44.0. The standard InChI is InChI=1S/C19H15ClFN3O3.C14H11ClFNO3.C14H13ClFNO.C7H5ClFNO2.C7H6ClF.C7H7FO/c1-10-6-14(19(26)23-13-7-18(25)24-22-9-13)17(8-15(10)20)27-16-4-3-12(21)5-11(16)2;1-8-6-12(17(18)19)14(7-11(8)15)20-13-4-3-10(16)5-9(13)2;1-8-6-12(17)14(7-11(8)15)18-13-4-3-10(16)5-9(13)2;1-4-2-7(10(11)12)6(9)3-5(4)8;1-5-2-3-6(9)4-7(5)8;1-5-4-6(8)2-3-7(5)9/h3-9H,1-2H3,(H2,23,24,25,26);3-7H,1-2H3;3-7H,17H2,1-2H3;2-3H,1H3;2-4H,1H3;2-4,9H,1H3. The Morgan fingerprint density at radius 3 is 1.31 bits per heavy atom. The van der Waals surface area contributed by atoms with Crippen LogP contribution in [0.5, 0.6) is 40.2 Å². The number of phenols is 1. The Bertz CT molecular complexity index is 4480. The number of hydrogen-bond donors (Lipinski definition) is 4. The van der Waals surface area contributed by atoms with Gasteiger partial charge in [0.05, 0.1) is 33.0 Å². The van der Waals surface area contributed by atoms with Gasteiger partial charge >= 0.3 is 11.4 Å². The van der Waals surface area contributed by atoms with Crippen molar-refractivity contribution in [3.05, 3.63) is 298 Å². The Labute approximate surface area is 565 Å². The molecule has 1 aromatic heterocycles. The number of aryl methyl sites for hydroxylation is 9. The van der Waals surface area contributed by atoms with E-state index in [1.54, 1.807) is 78.8 Å². The van der Waals surface area contributed by atoms with E-state index in [9.17, 15) is 56.2 Å². The number of nitrogens with zero attached hydrogens (tertiary/aromatic N) is 3. The molecule has 5 N–H and O–H groups in total. The fourth-order valence-electron chi connectivity index (χ4n) is 7.72. The number of hydrogen-bond acceptors (Lipinski definition) is 12. The van der Waals surface area contributed by atoms with E-state index < -0.39 is 38.6 Å². The number of aromatic hydroxyl groups is 1. The minimum atomic E-state index is -0.907. The van der Waals surface area contributed by atoms with Crippen molar-refractivity contribution in [1.29, 1.82) is 0 Å². The fourth-order valence-corrected chi connectivity index (χ4v) is 8.50. The summed E-state index contributed by atoms with van der Waals surface area (Å²) < 4.78 is 93.5. The Morgan fingerprint density at radius 2 is 0.853 bits per heavy atom. The summed E-state index contributed by atoms with van der Waals surface area (Å²) in [6, 6.07) is 33.0. The molecule has 95 heavy (non-hydrogen) atoms. The highest BCUT2D eigenvalue weighted by molar-refractivity contribution is 6.33. The summed E-state index contributed by atoms with van der Waals surface area (Å²) >= 11 is 29.3. The van der Waals surface area contributed by atoms with Crippen LogP contribution in [0.15, 0.2) is 157 Å². The molecule has 0 spiro atoms. The van der Waals surface area contributed by atoms with E-state index in [-0.39, 0.29) is 62.5 Å². The molecule has 0 atom stereocenters. The van der Waals surface area contributed by atoms with Crippen molar-refractivity contribution in [2.45, 2.75) is 62.3 Å². The molecular weight excluding hydrogens is 1350 g/mol. The van der Waals surface area contributed by atoms with Gasteiger partial charge in [0.2, 0.25) is 11.6 Å². The highest BCUT2D eigenvalue weighted by atomic mass is 35.5. The highest BCUT2D eigenvalue weighted by Crippen LogP contribution is 2.38. The molecule has 0 radical (unpaired) electrons. The van der Waals surface area contributed by atoms with Gasteiger partial charge in [-0.15, -0.1) is 0 Å². The second kappa shape index (κ2) is 34.9. The van der Waals surface area contributed by atoms with E-state index in [1.165, 1.54) is 109 Å². The number of aromatic amines is 1. The molecule has 27 heteroatoms. The van der Waals surface area contributed by atoms with Crippen LogP contribution in [0.4, 0.5) is 49.1 Å². The molecule has 0 unspecified atom stereocenters. The van der Waals surface area contributed by atoms with Gasteiger partial charge in [0, 0.05) is 61.5 Å². The number of rotatable bonds is 10. The smallest absolute Gasteiger partial charge is 0.311 e. The number of carbonyl (C=O) groups is 1. The van der Waals surface area contributed by atoms with Gasteiger partial charge in [-0.3, -0.25) is 29.8 Å². The van der Waals surface area contributed by atoms with Crippen LogP contribution in [-0.4, -0.2) is 31.1 Å². The predicted molar refractivity (Wildman–Crippen MR) is 358 cm³/mol. The molecule has 0 aliphatic heterocycles. The first-order valence-electron chi connectivity index (χ1n) is 27.6. The Balaban J connectivity index is 0.000000216. The number of nitro groups is 2. The lowest BCUT2D eigenvalue weighted by atomic mass is 10.1. The summed E-state index contributed by atoms with van der Waals surface area (Å²) in [5.41, 5.74) is 11.5. The number of phenolic OH excluding ortho intramolecular Hbond substituents is 1. The molecule has 0 aliphatic carbocycles. The fraction of sp³-hybridized carbons (Fsp3) is 0.132. The Hall–Kier alpha value is -9.84. The van der Waals surface area contributed by atoms with Crippen molar-refractivity contribution in [3.8, 4) is 40.2 Å². The molecule has 0 fully saturated rings. The van der Waals surface area contributed by atoms with Gasteiger partial charge in [-0.25, -0.2) is 27.1 Å². The normalized spacial score (nSPS) is 10.2. The third-order valence-corrected chi connectivity index (χ3v) is 15.0. The van der Waals surface area contributed by atoms with Crippen molar-refractivity contribution < 1.29 is 60.3 Å². The van der Waals surface area contributed by atoms with Crippen molar-refractivity contribution in [1.82, 2.24) is 10.2 Å². The minimum absolute atomic E-state index is 0.0281. The average Bonchev–Trinajstić information content (AvgIpc) is 0.863. The molecule has 10 aromatic rings. The molecule has 1 amide bonds. The molecule has 9 aromatic carbocycles. The van der Waals surface area contributed by atoms with Crippen LogP contribution in [0.1, 0.15) is 60.4 Å². The first kappa shape index (κ1) is 75.9. The number of nitrogen functional groups attached to an aromatic ring is 1. The topological polar surface area (TPSA) is 235 Å². The number of benzene rings is 9. The molecule has 0 saturated carbocycles. The maximum Gasteiger partial charge on any atom is 0.311 e. The Morgan fingerprint density at radius 1 is 0.463 bits per heavy atom. The molecule has 0 saturated heterocycles. The van der Waals surface area contributed by atoms with Crippen LogP contribution >= 0.6 is 58.0 Å². The van der Waals surface area contributed by atoms with Gasteiger partial charge in [-0.2, -0.15) is 9.49 Å². The van der Waals surface area contributed by atoms with Crippen LogP contribution < -0.4 is 30.8 Å². The van der Waals surface area contributed by atoms with Crippen LogP contribution in [0, 0.1) is 117 Å². The van der Waals surface area contributed by atoms with Crippen molar-refractivity contribution in [3.63, 3.8) is 0 Å². The van der Waals surface area contributed by atoms with Gasteiger partial charge in [0.15, 0.2) is 5.75 Å². The van der Waals surface area contributed by atoms with Gasteiger partial charge in [0.25, 0.3) is 11.5 Å². The number of nitro benzene ring substituents is 2. The average molecular weight is 1410 g/mol. The number of ether oxygens (including phenoxy) is 3. The van der Waals surface area contributed by atoms with E-state index in [1.807, 2.05) is 13.8 Å². The second-order valence-corrected chi connectivity index (χ2v) is 22.6. The zero-order valence-electron chi connectivity index (χ0n) is 51.6. The van der Waals surface area contributed by atoms with E-state index in [0.717, 1.165) is 23.3 Å². The van der Waals surface area contributed by atoms with E-state index in [0.29, 0.717) is 87.7 Å². The predicted octanol–water partition coefficient (Wildman–Crippen LogP) is 20.8. The van der Waals surface area contributed by atoms with Gasteiger partial charge in [-0.1, -0.05) is 64.1 Å². The molecule has 10 rings (SSSR count). The van der Waals surface area contributed by atoms with E-state index in [2.05, 4.69) is 15.5 Å². The van der Waals surface area contributed by atoms with Gasteiger partial charge in [0.1, 0.15) is 57.8 Å². The minimum Gasteiger partial charge on any atom is -0.508 e. The van der Waals surface area contributed by atoms with Crippen molar-refractivity contribution in [2.24, 2.45) is 0 Å². The number of H-pyrrole nitrogens is 1. The molecule has 0 aliphatic rings. The Kier molecular flexibility index (Phi) is 27.9. The lowest BCUT2D eigenvalue weighted by molar-refractivity contribution is -0.387. The summed E-state index contributed by atoms with van der Waals surface area (Å²) in [6.07, 6.45) is 1.31. The molecular formula is C68H57Cl5F6N6O10. The number of halogens is 11. The summed E-state index contributed by atoms with van der Waals surface area (Å²) in [5, 5.41) is 40.6. The summed E-state index contributed by atoms with van der Waals surface area (Å²) in [6.45, 7) is 15.5. The van der Waals surface area contributed by atoms with Crippen molar-refractivity contribution >= 4 is 86.7 Å². The van der Waals surface area contributed by atoms with Crippen molar-refractivity contribution in [2.75, 3.05) is 11.1 Å². The van der Waals surface area contributed by atoms with Gasteiger partial charge < -0.3 is 30.4 Å². The van der Waals surface area contributed by atoms with Crippen LogP contribution in [-0.2, 0) is 0 Å². The van der Waals surface area contributed by atoms with Crippen LogP contribution in [0.3, 0.4) is 0 Å². The number of amides is 1. The van der Waals surface area contributed by atoms with Gasteiger partial charge in [-0.05, 0) is 216 Å². The SMILES string of the molecule is Cc1cc(C(=O)Nc2cn[nH]c(=O)c2)c(Oc2ccc(F)cc2C)cc1Cl.Cc1cc(F)ccc1O.Cc1cc(N)c(Oc2ccc(F)cc2C)cc1Cl.Cc1cc([N+](=O)[O-])c(F)cc1Cl.Cc1cc([N+](=O)[O-])c(Oc2ccc(F)cc2C)cc1Cl.Cc1ccc(F)cc1Cl. The summed E-state index contributed by atoms with van der Waals surface area (Å²) in [7, 11) is 0. The number of aromatic nitrogens is 2. The second-order valence-electron chi connectivity index (χ2n) is 20.5. The molecule has 0 bridgehead atoms. The third kappa shape index (κ3) is 23.0. The monoisotopic (exact) mass is 1410 g/mol. The first-order valence-corrected chi connectivity index (χ1v) is 29.4. The zero-order valence-corrected chi connectivity index (χ0v) is 55.4. The highest BCUT2D eigenvalue weighted by Gasteiger charge is 2.21. The summed E-state index contributed by atoms with van der Waals surface area (Å²) in [5.74, 6) is -0.959. The number of carbonyl (C=O) groups excluding carboxylic acids is 1. The van der Waals surface area contributed by atoms with Crippen LogP contribution in [0.2, 0.25) is 25.1 Å². The third-order valence-electron chi connectivity index (χ3n) is 12.9. The lowest BCUT2D eigenvalue weighted by Gasteiger charge is -2.14. The largest absolute Gasteiger partial charge is 0.508 e. The molecule has 1 heterocycles. The van der Waals surface area contributed by atoms with E-state index in [4.69, 9.17) is 83.1 Å². The number of nitrogens with two attached hydrogens (primary N) is 1. The molecule has 16 nitrogen and oxygen atoms in total. The number of anilines is 2. The number of nitrogens with one attached hydrogen (secondary N) is 2. The van der Waals surface area contributed by atoms with Crippen LogP contribution in [0.25, 0.3) is 0 Å².